The summed E-state index contributed by atoms with van der Waals surface area (Å²) in [6.45, 7) is 0. The third kappa shape index (κ3) is 4.30. The van der Waals surface area contributed by atoms with Gasteiger partial charge in [0.15, 0.2) is 0 Å². The van der Waals surface area contributed by atoms with Gasteiger partial charge in [-0.1, -0.05) is 29.3 Å². The van der Waals surface area contributed by atoms with Crippen LogP contribution in [0.25, 0.3) is 0 Å². The standard InChI is InChI=1S/C8H10Cl2.Rh/c9-7-5-3-1-2-4-6-8(7)10;/h3,5H,1-2,4,6H2;/b5-3-,8-7-;. The third-order valence-corrected chi connectivity index (χ3v) is 2.38. The first-order chi connectivity index (χ1) is 4.80. The average molecular weight is 280 g/mol. The summed E-state index contributed by atoms with van der Waals surface area (Å²) in [7, 11) is 0. The maximum atomic E-state index is 5.84. The first-order valence-corrected chi connectivity index (χ1v) is 4.27. The van der Waals surface area contributed by atoms with Crippen LogP contribution in [0.4, 0.5) is 0 Å². The second-order valence-electron chi connectivity index (χ2n) is 2.40. The van der Waals surface area contributed by atoms with E-state index in [1.165, 1.54) is 6.42 Å². The molecule has 3 heteroatoms. The van der Waals surface area contributed by atoms with Crippen molar-refractivity contribution in [2.45, 2.75) is 25.7 Å². The minimum Gasteiger partial charge on any atom is -0.0875 e. The molecular formula is C8H10Cl2Rh. The predicted molar refractivity (Wildman–Crippen MR) is 46.3 cm³/mol. The fourth-order valence-corrected chi connectivity index (χ4v) is 1.32. The van der Waals surface area contributed by atoms with Gasteiger partial charge in [0.1, 0.15) is 0 Å². The van der Waals surface area contributed by atoms with Crippen molar-refractivity contribution in [1.29, 1.82) is 0 Å². The van der Waals surface area contributed by atoms with Crippen molar-refractivity contribution >= 4 is 23.2 Å². The van der Waals surface area contributed by atoms with E-state index < -0.39 is 0 Å². The SMILES string of the molecule is ClC1=C(\Cl)CCCC/C=C\1.[Rh]. The molecule has 0 aromatic rings. The van der Waals surface area contributed by atoms with Gasteiger partial charge in [0.2, 0.25) is 0 Å². The number of hydrogen-bond donors (Lipinski definition) is 0. The van der Waals surface area contributed by atoms with Crippen molar-refractivity contribution in [3.63, 3.8) is 0 Å². The summed E-state index contributed by atoms with van der Waals surface area (Å²) in [5, 5.41) is 1.51. The van der Waals surface area contributed by atoms with Crippen LogP contribution in [0, 0.1) is 0 Å². The fourth-order valence-electron chi connectivity index (χ4n) is 0.939. The van der Waals surface area contributed by atoms with Gasteiger partial charge in [-0.25, -0.2) is 0 Å². The number of allylic oxidation sites excluding steroid dienone is 4. The van der Waals surface area contributed by atoms with Crippen molar-refractivity contribution in [3.8, 4) is 0 Å². The molecule has 0 bridgehead atoms. The zero-order chi connectivity index (χ0) is 7.40. The minimum atomic E-state index is 0. The van der Waals surface area contributed by atoms with Crippen LogP contribution in [0.1, 0.15) is 25.7 Å². The molecule has 65 valence electrons. The molecule has 0 atom stereocenters. The van der Waals surface area contributed by atoms with Crippen molar-refractivity contribution in [1.82, 2.24) is 0 Å². The van der Waals surface area contributed by atoms with Crippen LogP contribution in [0.2, 0.25) is 0 Å². The molecule has 1 aliphatic carbocycles. The molecule has 11 heavy (non-hydrogen) atoms. The van der Waals surface area contributed by atoms with Crippen LogP contribution in [-0.2, 0) is 19.5 Å². The Bertz CT molecular complexity index is 173. The van der Waals surface area contributed by atoms with Gasteiger partial charge in [0, 0.05) is 24.5 Å². The molecule has 1 radical (unpaired) electrons. The molecule has 0 spiro atoms. The Labute approximate surface area is 90.4 Å². The van der Waals surface area contributed by atoms with Crippen LogP contribution in [-0.4, -0.2) is 0 Å². The fraction of sp³-hybridized carbons (Fsp3) is 0.500. The Hall–Kier alpha value is 0.683. The third-order valence-electron chi connectivity index (χ3n) is 1.54. The van der Waals surface area contributed by atoms with E-state index in [1.807, 2.05) is 6.08 Å². The smallest absolute Gasteiger partial charge is 0.0547 e. The Morgan fingerprint density at radius 2 is 1.91 bits per heavy atom. The van der Waals surface area contributed by atoms with Gasteiger partial charge >= 0.3 is 0 Å². The van der Waals surface area contributed by atoms with Crippen molar-refractivity contribution < 1.29 is 19.5 Å². The van der Waals surface area contributed by atoms with E-state index in [2.05, 4.69) is 6.08 Å². The van der Waals surface area contributed by atoms with E-state index in [0.29, 0.717) is 5.03 Å². The van der Waals surface area contributed by atoms with E-state index >= 15 is 0 Å². The maximum Gasteiger partial charge on any atom is 0.0547 e. The second kappa shape index (κ2) is 6.23. The number of rotatable bonds is 0. The normalized spacial score (nSPS) is 28.2. The molecule has 0 amide bonds. The second-order valence-corrected chi connectivity index (χ2v) is 3.26. The van der Waals surface area contributed by atoms with Crippen molar-refractivity contribution in [3.05, 3.63) is 22.2 Å². The molecule has 0 N–H and O–H groups in total. The Morgan fingerprint density at radius 1 is 1.18 bits per heavy atom. The van der Waals surface area contributed by atoms with E-state index in [9.17, 15) is 0 Å². The molecule has 0 aliphatic heterocycles. The first kappa shape index (κ1) is 11.7. The number of hydrogen-bond acceptors (Lipinski definition) is 0. The van der Waals surface area contributed by atoms with Gasteiger partial charge in [0.25, 0.3) is 0 Å². The van der Waals surface area contributed by atoms with Crippen LogP contribution in [0.5, 0.6) is 0 Å². The molecule has 0 aromatic heterocycles. The Balaban J connectivity index is 0.000001000. The van der Waals surface area contributed by atoms with Crippen LogP contribution in [0.15, 0.2) is 22.2 Å². The zero-order valence-corrected chi connectivity index (χ0v) is 9.22. The number of halogens is 2. The molecule has 0 nitrogen and oxygen atoms in total. The molecular weight excluding hydrogens is 270 g/mol. The molecule has 0 fully saturated rings. The first-order valence-electron chi connectivity index (χ1n) is 3.51. The van der Waals surface area contributed by atoms with E-state index in [4.69, 9.17) is 23.2 Å². The van der Waals surface area contributed by atoms with Crippen molar-refractivity contribution in [2.24, 2.45) is 0 Å². The molecule has 0 unspecified atom stereocenters. The van der Waals surface area contributed by atoms with Crippen LogP contribution < -0.4 is 0 Å². The van der Waals surface area contributed by atoms with Crippen LogP contribution >= 0.6 is 23.2 Å². The summed E-state index contributed by atoms with van der Waals surface area (Å²) in [4.78, 5) is 0. The summed E-state index contributed by atoms with van der Waals surface area (Å²) in [5.74, 6) is 0. The molecule has 1 aliphatic rings. The summed E-state index contributed by atoms with van der Waals surface area (Å²) in [6, 6.07) is 0. The molecule has 0 saturated carbocycles. The van der Waals surface area contributed by atoms with Gasteiger partial charge in [-0.3, -0.25) is 0 Å². The zero-order valence-electron chi connectivity index (χ0n) is 6.07. The molecule has 1 rings (SSSR count). The molecule has 0 saturated heterocycles. The largest absolute Gasteiger partial charge is 0.0875 e. The van der Waals surface area contributed by atoms with Gasteiger partial charge in [0.05, 0.1) is 5.03 Å². The summed E-state index contributed by atoms with van der Waals surface area (Å²) in [5.41, 5.74) is 0. The predicted octanol–water partition coefficient (Wildman–Crippen LogP) is 3.80. The van der Waals surface area contributed by atoms with Gasteiger partial charge in [-0.15, -0.1) is 0 Å². The summed E-state index contributed by atoms with van der Waals surface area (Å²) in [6.07, 6.45) is 8.40. The Morgan fingerprint density at radius 3 is 2.64 bits per heavy atom. The monoisotopic (exact) mass is 279 g/mol. The van der Waals surface area contributed by atoms with E-state index in [1.54, 1.807) is 0 Å². The minimum absolute atomic E-state index is 0. The maximum absolute atomic E-state index is 5.84. The van der Waals surface area contributed by atoms with E-state index in [-0.39, 0.29) is 19.5 Å². The van der Waals surface area contributed by atoms with Gasteiger partial charge in [-0.05, 0) is 31.8 Å². The topological polar surface area (TPSA) is 0 Å². The van der Waals surface area contributed by atoms with Crippen molar-refractivity contribution in [2.75, 3.05) is 0 Å². The van der Waals surface area contributed by atoms with Gasteiger partial charge in [-0.2, -0.15) is 0 Å². The van der Waals surface area contributed by atoms with Crippen LogP contribution in [0.3, 0.4) is 0 Å². The molecule has 0 aromatic carbocycles. The Kier molecular flexibility index (Phi) is 6.61. The molecule has 0 heterocycles. The summed E-state index contributed by atoms with van der Waals surface area (Å²) >= 11 is 11.6. The van der Waals surface area contributed by atoms with Gasteiger partial charge < -0.3 is 0 Å². The van der Waals surface area contributed by atoms with E-state index in [0.717, 1.165) is 24.3 Å². The quantitative estimate of drug-likeness (QED) is 0.592. The summed E-state index contributed by atoms with van der Waals surface area (Å²) < 4.78 is 0. The average Bonchev–Trinajstić information content (AvgIpc) is 1.92.